The number of hydrogen-bond acceptors (Lipinski definition) is 4. The molecule has 19 heavy (non-hydrogen) atoms. The van der Waals surface area contributed by atoms with Crippen LogP contribution in [0, 0.1) is 6.92 Å². The van der Waals surface area contributed by atoms with Gasteiger partial charge in [-0.25, -0.2) is 0 Å². The number of hydrogen-bond donors (Lipinski definition) is 2. The van der Waals surface area contributed by atoms with Gasteiger partial charge >= 0.3 is 0 Å². The molecule has 0 spiro atoms. The quantitative estimate of drug-likeness (QED) is 0.827. The summed E-state index contributed by atoms with van der Waals surface area (Å²) in [6.45, 7) is 1.91. The second kappa shape index (κ2) is 5.39. The number of nitrogen functional groups attached to an aromatic ring is 1. The van der Waals surface area contributed by atoms with Gasteiger partial charge in [-0.15, -0.1) is 0 Å². The monoisotopic (exact) mass is 257 g/mol. The Morgan fingerprint density at radius 3 is 2.74 bits per heavy atom. The molecule has 0 atom stereocenters. The van der Waals surface area contributed by atoms with Gasteiger partial charge in [0.2, 0.25) is 0 Å². The molecule has 5 heteroatoms. The number of carbonyl (C=O) groups excluding carboxylic acids is 1. The molecule has 0 radical (unpaired) electrons. The van der Waals surface area contributed by atoms with Crippen LogP contribution in [0.25, 0.3) is 0 Å². The zero-order chi connectivity index (χ0) is 13.8. The number of pyridine rings is 1. The van der Waals surface area contributed by atoms with Crippen molar-refractivity contribution in [2.24, 2.45) is 0 Å². The molecule has 0 aliphatic carbocycles. The summed E-state index contributed by atoms with van der Waals surface area (Å²) < 4.78 is 5.05. The number of nitrogens with one attached hydrogen (secondary N) is 1. The van der Waals surface area contributed by atoms with Crippen LogP contribution in [0.15, 0.2) is 36.7 Å². The number of benzene rings is 1. The number of amides is 1. The van der Waals surface area contributed by atoms with Crippen molar-refractivity contribution >= 4 is 17.3 Å². The van der Waals surface area contributed by atoms with E-state index < -0.39 is 0 Å². The first kappa shape index (κ1) is 12.9. The summed E-state index contributed by atoms with van der Waals surface area (Å²) in [4.78, 5) is 16.1. The Bertz CT molecular complexity index is 611. The van der Waals surface area contributed by atoms with Crippen molar-refractivity contribution < 1.29 is 9.53 Å². The molecule has 1 amide bonds. The van der Waals surface area contributed by atoms with Crippen LogP contribution in [0.4, 0.5) is 11.4 Å². The van der Waals surface area contributed by atoms with Gasteiger partial charge in [0.15, 0.2) is 0 Å². The van der Waals surface area contributed by atoms with Crippen molar-refractivity contribution in [3.8, 4) is 5.75 Å². The van der Waals surface area contributed by atoms with Crippen LogP contribution in [0.3, 0.4) is 0 Å². The van der Waals surface area contributed by atoms with E-state index >= 15 is 0 Å². The minimum Gasteiger partial charge on any atom is -0.495 e. The molecular weight excluding hydrogens is 242 g/mol. The lowest BCUT2D eigenvalue weighted by atomic mass is 10.1. The van der Waals surface area contributed by atoms with E-state index in [9.17, 15) is 4.79 Å². The summed E-state index contributed by atoms with van der Waals surface area (Å²) >= 11 is 0. The summed E-state index contributed by atoms with van der Waals surface area (Å²) in [7, 11) is 1.53. The van der Waals surface area contributed by atoms with Crippen molar-refractivity contribution in [2.45, 2.75) is 6.92 Å². The molecule has 0 fully saturated rings. The molecule has 2 rings (SSSR count). The van der Waals surface area contributed by atoms with Crippen LogP contribution >= 0.6 is 0 Å². The summed E-state index contributed by atoms with van der Waals surface area (Å²) in [5, 5.41) is 2.77. The largest absolute Gasteiger partial charge is 0.495 e. The van der Waals surface area contributed by atoms with Crippen molar-refractivity contribution in [3.05, 3.63) is 47.8 Å². The molecule has 2 aromatic rings. The van der Waals surface area contributed by atoms with Gasteiger partial charge in [0.1, 0.15) is 5.75 Å². The Hall–Kier alpha value is -2.56. The van der Waals surface area contributed by atoms with E-state index in [1.54, 1.807) is 30.6 Å². The van der Waals surface area contributed by atoms with E-state index in [0.717, 1.165) is 5.56 Å². The number of aryl methyl sites for hydroxylation is 1. The van der Waals surface area contributed by atoms with Crippen LogP contribution in [0.2, 0.25) is 0 Å². The number of anilines is 2. The smallest absolute Gasteiger partial charge is 0.255 e. The molecule has 1 aromatic heterocycles. The van der Waals surface area contributed by atoms with E-state index in [4.69, 9.17) is 10.5 Å². The average Bonchev–Trinajstić information content (AvgIpc) is 2.38. The third-order valence-corrected chi connectivity index (χ3v) is 2.62. The van der Waals surface area contributed by atoms with Gasteiger partial charge in [-0.2, -0.15) is 0 Å². The normalized spacial score (nSPS) is 10.0. The summed E-state index contributed by atoms with van der Waals surface area (Å²) in [5.41, 5.74) is 8.30. The summed E-state index contributed by atoms with van der Waals surface area (Å²) in [5.74, 6) is 0.315. The minimum atomic E-state index is -0.234. The molecule has 5 nitrogen and oxygen atoms in total. The molecule has 0 saturated carbocycles. The average molecular weight is 257 g/mol. The van der Waals surface area contributed by atoms with E-state index in [-0.39, 0.29) is 5.91 Å². The molecule has 0 aliphatic rings. The highest BCUT2D eigenvalue weighted by Gasteiger charge is 2.09. The Labute approximate surface area is 111 Å². The maximum Gasteiger partial charge on any atom is 0.255 e. The molecule has 0 unspecified atom stereocenters. The Morgan fingerprint density at radius 1 is 1.32 bits per heavy atom. The zero-order valence-electron chi connectivity index (χ0n) is 10.8. The second-order valence-corrected chi connectivity index (χ2v) is 4.16. The van der Waals surface area contributed by atoms with Crippen LogP contribution in [-0.2, 0) is 0 Å². The number of nitrogens with two attached hydrogens (primary N) is 1. The molecule has 0 saturated heterocycles. The van der Waals surface area contributed by atoms with Gasteiger partial charge < -0.3 is 15.8 Å². The molecule has 0 bridgehead atoms. The summed E-state index contributed by atoms with van der Waals surface area (Å²) in [6, 6.07) is 6.75. The first-order valence-corrected chi connectivity index (χ1v) is 5.76. The van der Waals surface area contributed by atoms with Gasteiger partial charge in [-0.1, -0.05) is 0 Å². The first-order valence-electron chi connectivity index (χ1n) is 5.76. The van der Waals surface area contributed by atoms with Crippen LogP contribution in [0.1, 0.15) is 15.9 Å². The maximum atomic E-state index is 12.0. The Morgan fingerprint density at radius 2 is 2.11 bits per heavy atom. The fourth-order valence-corrected chi connectivity index (χ4v) is 1.70. The van der Waals surface area contributed by atoms with Crippen molar-refractivity contribution in [1.29, 1.82) is 0 Å². The lowest BCUT2D eigenvalue weighted by molar-refractivity contribution is 0.102. The number of methoxy groups -OCH3 is 1. The minimum absolute atomic E-state index is 0.234. The molecular formula is C14H15N3O2. The van der Waals surface area contributed by atoms with Gasteiger partial charge in [-0.05, 0) is 36.8 Å². The Balaban J connectivity index is 2.18. The molecule has 0 aliphatic heterocycles. The SMILES string of the molecule is COc1ccc(C(=O)Nc2cncc(C)c2)cc1N. The highest BCUT2D eigenvalue weighted by molar-refractivity contribution is 6.04. The predicted octanol–water partition coefficient (Wildman–Crippen LogP) is 2.23. The van der Waals surface area contributed by atoms with Crippen LogP contribution in [-0.4, -0.2) is 18.0 Å². The highest BCUT2D eigenvalue weighted by Crippen LogP contribution is 2.22. The molecule has 1 heterocycles. The fourth-order valence-electron chi connectivity index (χ4n) is 1.70. The first-order chi connectivity index (χ1) is 9.10. The second-order valence-electron chi connectivity index (χ2n) is 4.16. The molecule has 3 N–H and O–H groups in total. The third kappa shape index (κ3) is 3.01. The topological polar surface area (TPSA) is 77.2 Å². The lowest BCUT2D eigenvalue weighted by Gasteiger charge is -2.08. The number of ether oxygens (including phenoxy) is 1. The standard InChI is InChI=1S/C14H15N3O2/c1-9-5-11(8-16-7-9)17-14(18)10-3-4-13(19-2)12(15)6-10/h3-8H,15H2,1-2H3,(H,17,18). The number of carbonyl (C=O) groups is 1. The van der Waals surface area contributed by atoms with Gasteiger partial charge in [-0.3, -0.25) is 9.78 Å². The van der Waals surface area contributed by atoms with Crippen LogP contribution in [0.5, 0.6) is 5.75 Å². The van der Waals surface area contributed by atoms with Crippen molar-refractivity contribution in [3.63, 3.8) is 0 Å². The number of aromatic nitrogens is 1. The maximum absolute atomic E-state index is 12.0. The van der Waals surface area contributed by atoms with E-state index in [2.05, 4.69) is 10.3 Å². The van der Waals surface area contributed by atoms with Gasteiger partial charge in [0.05, 0.1) is 24.7 Å². The lowest BCUT2D eigenvalue weighted by Crippen LogP contribution is -2.12. The van der Waals surface area contributed by atoms with E-state index in [1.807, 2.05) is 13.0 Å². The molecule has 98 valence electrons. The Kier molecular flexibility index (Phi) is 3.66. The fraction of sp³-hybridized carbons (Fsp3) is 0.143. The summed E-state index contributed by atoms with van der Waals surface area (Å²) in [6.07, 6.45) is 3.32. The molecule has 1 aromatic carbocycles. The van der Waals surface area contributed by atoms with Gasteiger partial charge in [0, 0.05) is 11.8 Å². The number of rotatable bonds is 3. The highest BCUT2D eigenvalue weighted by atomic mass is 16.5. The third-order valence-electron chi connectivity index (χ3n) is 2.62. The van der Waals surface area contributed by atoms with Crippen LogP contribution < -0.4 is 15.8 Å². The van der Waals surface area contributed by atoms with Crippen molar-refractivity contribution in [2.75, 3.05) is 18.2 Å². The predicted molar refractivity (Wildman–Crippen MR) is 74.3 cm³/mol. The number of nitrogens with zero attached hydrogens (tertiary/aromatic N) is 1. The van der Waals surface area contributed by atoms with Gasteiger partial charge in [0.25, 0.3) is 5.91 Å². The zero-order valence-corrected chi connectivity index (χ0v) is 10.8. The van der Waals surface area contributed by atoms with Crippen molar-refractivity contribution in [1.82, 2.24) is 4.98 Å². The van der Waals surface area contributed by atoms with E-state index in [0.29, 0.717) is 22.7 Å². The van der Waals surface area contributed by atoms with E-state index in [1.165, 1.54) is 7.11 Å².